The van der Waals surface area contributed by atoms with Gasteiger partial charge in [-0.1, -0.05) is 36.8 Å². The van der Waals surface area contributed by atoms with E-state index in [2.05, 4.69) is 39.5 Å². The molecule has 0 fully saturated rings. The summed E-state index contributed by atoms with van der Waals surface area (Å²) >= 11 is 0. The normalized spacial score (nSPS) is 25.9. The van der Waals surface area contributed by atoms with Crippen LogP contribution in [0.2, 0.25) is 0 Å². The predicted octanol–water partition coefficient (Wildman–Crippen LogP) is 3.08. The Morgan fingerprint density at radius 1 is 1.30 bits per heavy atom. The van der Waals surface area contributed by atoms with E-state index in [0.29, 0.717) is 5.92 Å². The molecule has 0 aromatic heterocycles. The van der Waals surface area contributed by atoms with Crippen molar-refractivity contribution < 1.29 is 0 Å². The van der Waals surface area contributed by atoms with E-state index in [1.165, 1.54) is 16.7 Å². The smallest absolute Gasteiger partial charge is 0.00169 e. The molecule has 0 bridgehead atoms. The molecule has 1 atom stereocenters. The Morgan fingerprint density at radius 2 is 1.90 bits per heavy atom. The van der Waals surface area contributed by atoms with Crippen LogP contribution in [-0.2, 0) is 0 Å². The summed E-state index contributed by atoms with van der Waals surface area (Å²) in [6, 6.07) is 0. The van der Waals surface area contributed by atoms with E-state index in [9.17, 15) is 0 Å². The van der Waals surface area contributed by atoms with Gasteiger partial charge < -0.3 is 0 Å². The maximum absolute atomic E-state index is 3.96. The van der Waals surface area contributed by atoms with Gasteiger partial charge in [0.2, 0.25) is 0 Å². The van der Waals surface area contributed by atoms with Gasteiger partial charge in [0.1, 0.15) is 0 Å². The molecule has 10 heavy (non-hydrogen) atoms. The predicted molar refractivity (Wildman–Crippen MR) is 45.8 cm³/mol. The average Bonchev–Trinajstić information content (AvgIpc) is 1.93. The zero-order valence-electron chi connectivity index (χ0n) is 6.94. The van der Waals surface area contributed by atoms with Crippen LogP contribution in [0.3, 0.4) is 0 Å². The Morgan fingerprint density at radius 3 is 2.40 bits per heavy atom. The molecule has 0 heterocycles. The molecule has 0 aliphatic heterocycles. The summed E-state index contributed by atoms with van der Waals surface area (Å²) in [6.45, 7) is 10.5. The van der Waals surface area contributed by atoms with Gasteiger partial charge in [-0.05, 0) is 19.4 Å². The van der Waals surface area contributed by atoms with E-state index in [1.807, 2.05) is 0 Å². The summed E-state index contributed by atoms with van der Waals surface area (Å²) < 4.78 is 0. The summed E-state index contributed by atoms with van der Waals surface area (Å²) in [6.07, 6.45) is 4.24. The lowest BCUT2D eigenvalue weighted by molar-refractivity contribution is 0.805. The minimum Gasteiger partial charge on any atom is -0.0952 e. The first-order chi connectivity index (χ1) is 4.63. The summed E-state index contributed by atoms with van der Waals surface area (Å²) in [4.78, 5) is 0. The topological polar surface area (TPSA) is 0 Å². The highest BCUT2D eigenvalue weighted by Crippen LogP contribution is 2.26. The van der Waals surface area contributed by atoms with Gasteiger partial charge in [-0.25, -0.2) is 0 Å². The highest BCUT2D eigenvalue weighted by molar-refractivity contribution is 5.39. The Labute approximate surface area is 62.9 Å². The van der Waals surface area contributed by atoms with Gasteiger partial charge in [0.25, 0.3) is 0 Å². The third-order valence-corrected chi connectivity index (χ3v) is 2.38. The third kappa shape index (κ3) is 1.06. The standard InChI is InChI=1S/C10H14/c1-7-5-6-8(2)10(4)9(7)3/h5-6,9H,1H2,2-4H3. The van der Waals surface area contributed by atoms with Crippen molar-refractivity contribution >= 4 is 0 Å². The number of hydrogen-bond donors (Lipinski definition) is 0. The lowest BCUT2D eigenvalue weighted by atomic mass is 9.87. The van der Waals surface area contributed by atoms with Crippen molar-refractivity contribution in [2.45, 2.75) is 20.8 Å². The van der Waals surface area contributed by atoms with Crippen LogP contribution in [0.25, 0.3) is 0 Å². The van der Waals surface area contributed by atoms with Crippen LogP contribution in [-0.4, -0.2) is 0 Å². The molecule has 1 rings (SSSR count). The summed E-state index contributed by atoms with van der Waals surface area (Å²) in [7, 11) is 0. The van der Waals surface area contributed by atoms with E-state index in [-0.39, 0.29) is 0 Å². The molecule has 1 unspecified atom stereocenters. The second kappa shape index (κ2) is 2.45. The highest BCUT2D eigenvalue weighted by atomic mass is 14.2. The number of allylic oxidation sites excluding steroid dienone is 5. The third-order valence-electron chi connectivity index (χ3n) is 2.38. The van der Waals surface area contributed by atoms with Gasteiger partial charge in [-0.2, -0.15) is 0 Å². The maximum Gasteiger partial charge on any atom is 0.00169 e. The quantitative estimate of drug-likeness (QED) is 0.477. The molecular formula is C10H14. The van der Waals surface area contributed by atoms with E-state index < -0.39 is 0 Å². The Hall–Kier alpha value is -0.780. The fraction of sp³-hybridized carbons (Fsp3) is 0.400. The van der Waals surface area contributed by atoms with Crippen molar-refractivity contribution in [2.75, 3.05) is 0 Å². The number of rotatable bonds is 0. The fourth-order valence-electron chi connectivity index (χ4n) is 1.13. The van der Waals surface area contributed by atoms with Crippen molar-refractivity contribution in [3.05, 3.63) is 35.5 Å². The molecule has 0 nitrogen and oxygen atoms in total. The van der Waals surface area contributed by atoms with Crippen molar-refractivity contribution in [1.29, 1.82) is 0 Å². The zero-order valence-corrected chi connectivity index (χ0v) is 6.94. The number of hydrogen-bond acceptors (Lipinski definition) is 0. The summed E-state index contributed by atoms with van der Waals surface area (Å²) in [5.74, 6) is 0.546. The zero-order chi connectivity index (χ0) is 7.72. The Balaban J connectivity index is 2.99. The molecule has 0 aromatic rings. The Kier molecular flexibility index (Phi) is 1.80. The minimum absolute atomic E-state index is 0.546. The van der Waals surface area contributed by atoms with Crippen LogP contribution in [0.4, 0.5) is 0 Å². The van der Waals surface area contributed by atoms with Crippen molar-refractivity contribution in [3.8, 4) is 0 Å². The second-order valence-electron chi connectivity index (χ2n) is 3.00. The van der Waals surface area contributed by atoms with Crippen LogP contribution >= 0.6 is 0 Å². The molecule has 0 heteroatoms. The van der Waals surface area contributed by atoms with E-state index in [1.54, 1.807) is 0 Å². The van der Waals surface area contributed by atoms with E-state index in [0.717, 1.165) is 0 Å². The van der Waals surface area contributed by atoms with Crippen molar-refractivity contribution in [2.24, 2.45) is 5.92 Å². The molecule has 0 N–H and O–H groups in total. The molecule has 0 aromatic carbocycles. The molecule has 1 aliphatic carbocycles. The first kappa shape index (κ1) is 7.33. The molecule has 0 radical (unpaired) electrons. The molecule has 0 spiro atoms. The van der Waals surface area contributed by atoms with E-state index in [4.69, 9.17) is 0 Å². The van der Waals surface area contributed by atoms with Crippen LogP contribution in [0.5, 0.6) is 0 Å². The molecule has 0 amide bonds. The largest absolute Gasteiger partial charge is 0.0952 e. The first-order valence-electron chi connectivity index (χ1n) is 3.67. The van der Waals surface area contributed by atoms with Crippen LogP contribution < -0.4 is 0 Å². The van der Waals surface area contributed by atoms with Crippen LogP contribution in [0, 0.1) is 5.92 Å². The monoisotopic (exact) mass is 134 g/mol. The van der Waals surface area contributed by atoms with Gasteiger partial charge in [-0.15, -0.1) is 0 Å². The molecule has 0 saturated carbocycles. The lowest BCUT2D eigenvalue weighted by Gasteiger charge is -2.18. The van der Waals surface area contributed by atoms with Gasteiger partial charge in [-0.3, -0.25) is 0 Å². The van der Waals surface area contributed by atoms with Crippen molar-refractivity contribution in [3.63, 3.8) is 0 Å². The van der Waals surface area contributed by atoms with Crippen LogP contribution in [0.1, 0.15) is 20.8 Å². The SMILES string of the molecule is C=C1C=CC(C)=C(C)C1C. The molecule has 54 valence electrons. The second-order valence-corrected chi connectivity index (χ2v) is 3.00. The van der Waals surface area contributed by atoms with Gasteiger partial charge in [0.05, 0.1) is 0 Å². The maximum atomic E-state index is 3.96. The van der Waals surface area contributed by atoms with Crippen molar-refractivity contribution in [1.82, 2.24) is 0 Å². The van der Waals surface area contributed by atoms with E-state index >= 15 is 0 Å². The first-order valence-corrected chi connectivity index (χ1v) is 3.67. The van der Waals surface area contributed by atoms with Gasteiger partial charge in [0, 0.05) is 5.92 Å². The molecule has 0 saturated heterocycles. The highest BCUT2D eigenvalue weighted by Gasteiger charge is 2.11. The summed E-state index contributed by atoms with van der Waals surface area (Å²) in [5, 5.41) is 0. The lowest BCUT2D eigenvalue weighted by Crippen LogP contribution is -2.03. The Bertz CT molecular complexity index is 216. The van der Waals surface area contributed by atoms with Crippen LogP contribution in [0.15, 0.2) is 35.5 Å². The summed E-state index contributed by atoms with van der Waals surface area (Å²) in [5.41, 5.74) is 4.07. The molecular weight excluding hydrogens is 120 g/mol. The fourth-order valence-corrected chi connectivity index (χ4v) is 1.13. The van der Waals surface area contributed by atoms with Gasteiger partial charge >= 0.3 is 0 Å². The minimum atomic E-state index is 0.546. The molecule has 1 aliphatic rings. The van der Waals surface area contributed by atoms with Gasteiger partial charge in [0.15, 0.2) is 0 Å². The average molecular weight is 134 g/mol.